The predicted octanol–water partition coefficient (Wildman–Crippen LogP) is 0.587. The van der Waals surface area contributed by atoms with Gasteiger partial charge in [0, 0.05) is 19.3 Å². The summed E-state index contributed by atoms with van der Waals surface area (Å²) in [6, 6.07) is -0.205. The van der Waals surface area contributed by atoms with Crippen LogP contribution in [0.2, 0.25) is 0 Å². The van der Waals surface area contributed by atoms with Crippen LogP contribution in [0.5, 0.6) is 0 Å². The molecule has 1 unspecified atom stereocenters. The van der Waals surface area contributed by atoms with Gasteiger partial charge in [-0.1, -0.05) is 11.6 Å². The molecule has 4 heteroatoms. The Morgan fingerprint density at radius 1 is 1.54 bits per heavy atom. The van der Waals surface area contributed by atoms with E-state index in [1.165, 1.54) is 5.57 Å². The Hall–Kier alpha value is -0.480. The number of carbonyl (C=O) groups excluding carboxylic acids is 1. The van der Waals surface area contributed by atoms with E-state index in [4.69, 9.17) is 0 Å². The Balaban J connectivity index is 3.86. The van der Waals surface area contributed by atoms with Crippen LogP contribution in [0.4, 0.5) is 0 Å². The largest absolute Gasteiger partial charge is 0.358 e. The number of thiol groups is 1. The molecule has 0 aromatic heterocycles. The minimum atomic E-state index is -0.205. The first kappa shape index (κ1) is 12.5. The van der Waals surface area contributed by atoms with Gasteiger partial charge >= 0.3 is 0 Å². The summed E-state index contributed by atoms with van der Waals surface area (Å²) >= 11 is 4.09. The summed E-state index contributed by atoms with van der Waals surface area (Å²) in [5.74, 6) is 0.494. The fourth-order valence-corrected chi connectivity index (χ4v) is 1.11. The fourth-order valence-electron chi connectivity index (χ4n) is 0.820. The lowest BCUT2D eigenvalue weighted by atomic mass is 10.3. The molecule has 0 spiro atoms. The first-order valence-electron chi connectivity index (χ1n) is 4.31. The first-order valence-corrected chi connectivity index (χ1v) is 4.94. The molecule has 0 aliphatic carbocycles. The molecule has 0 aliphatic rings. The number of hydrogen-bond acceptors (Lipinski definition) is 3. The average Bonchev–Trinajstić information content (AvgIpc) is 2.11. The van der Waals surface area contributed by atoms with Gasteiger partial charge in [-0.25, -0.2) is 0 Å². The average molecular weight is 202 g/mol. The topological polar surface area (TPSA) is 41.1 Å². The molecule has 0 saturated heterocycles. The maximum atomic E-state index is 11.2. The van der Waals surface area contributed by atoms with Gasteiger partial charge in [0.05, 0.1) is 6.04 Å². The van der Waals surface area contributed by atoms with E-state index in [2.05, 4.69) is 23.3 Å². The molecule has 0 fully saturated rings. The Morgan fingerprint density at radius 2 is 2.15 bits per heavy atom. The number of carbonyl (C=O) groups is 1. The summed E-state index contributed by atoms with van der Waals surface area (Å²) in [5.41, 5.74) is 1.24. The summed E-state index contributed by atoms with van der Waals surface area (Å²) in [6.07, 6.45) is 2.04. The second-order valence-electron chi connectivity index (χ2n) is 3.04. The summed E-state index contributed by atoms with van der Waals surface area (Å²) in [5, 5.41) is 5.67. The van der Waals surface area contributed by atoms with Crippen molar-refractivity contribution in [2.24, 2.45) is 0 Å². The van der Waals surface area contributed by atoms with E-state index in [0.717, 1.165) is 0 Å². The third-order valence-electron chi connectivity index (χ3n) is 1.62. The predicted molar refractivity (Wildman–Crippen MR) is 59.1 cm³/mol. The van der Waals surface area contributed by atoms with Crippen molar-refractivity contribution in [3.63, 3.8) is 0 Å². The zero-order chi connectivity index (χ0) is 10.3. The third kappa shape index (κ3) is 5.71. The smallest absolute Gasteiger partial charge is 0.237 e. The molecule has 0 aromatic carbocycles. The van der Waals surface area contributed by atoms with Gasteiger partial charge in [-0.05, 0) is 13.8 Å². The quantitative estimate of drug-likeness (QED) is 0.451. The van der Waals surface area contributed by atoms with Crippen LogP contribution in [0.3, 0.4) is 0 Å². The lowest BCUT2D eigenvalue weighted by Crippen LogP contribution is -2.44. The summed E-state index contributed by atoms with van der Waals surface area (Å²) < 4.78 is 0. The van der Waals surface area contributed by atoms with E-state index < -0.39 is 0 Å². The Kier molecular flexibility index (Phi) is 6.72. The summed E-state index contributed by atoms with van der Waals surface area (Å²) in [7, 11) is 1.63. The van der Waals surface area contributed by atoms with Gasteiger partial charge in [-0.15, -0.1) is 0 Å². The first-order chi connectivity index (χ1) is 6.11. The van der Waals surface area contributed by atoms with Crippen LogP contribution in [-0.2, 0) is 4.79 Å². The van der Waals surface area contributed by atoms with E-state index in [1.54, 1.807) is 7.05 Å². The highest BCUT2D eigenvalue weighted by molar-refractivity contribution is 7.80. The number of likely N-dealkylation sites (N-methyl/N-ethyl adjacent to an activating group) is 1. The van der Waals surface area contributed by atoms with E-state index in [-0.39, 0.29) is 11.9 Å². The van der Waals surface area contributed by atoms with Crippen molar-refractivity contribution < 1.29 is 4.79 Å². The standard InChI is InChI=1S/C9H18N2OS/c1-7(2)4-5-11-8(6-13)9(12)10-3/h4,8,11,13H,5-6H2,1-3H3,(H,10,12). The minimum absolute atomic E-state index is 0.0165. The molecule has 0 bridgehead atoms. The van der Waals surface area contributed by atoms with Crippen molar-refractivity contribution in [1.82, 2.24) is 10.6 Å². The Labute approximate surface area is 85.4 Å². The molecule has 1 atom stereocenters. The Morgan fingerprint density at radius 3 is 2.54 bits per heavy atom. The Bertz CT molecular complexity index is 188. The molecule has 2 N–H and O–H groups in total. The number of allylic oxidation sites excluding steroid dienone is 1. The van der Waals surface area contributed by atoms with E-state index >= 15 is 0 Å². The van der Waals surface area contributed by atoms with Gasteiger partial charge in [0.2, 0.25) is 5.91 Å². The zero-order valence-corrected chi connectivity index (χ0v) is 9.32. The number of amides is 1. The molecule has 0 radical (unpaired) electrons. The molecule has 76 valence electrons. The van der Waals surface area contributed by atoms with Crippen LogP contribution in [0, 0.1) is 0 Å². The molecule has 0 heterocycles. The third-order valence-corrected chi connectivity index (χ3v) is 1.99. The van der Waals surface area contributed by atoms with Gasteiger partial charge in [0.1, 0.15) is 0 Å². The van der Waals surface area contributed by atoms with Crippen molar-refractivity contribution in [2.75, 3.05) is 19.3 Å². The zero-order valence-electron chi connectivity index (χ0n) is 8.42. The van der Waals surface area contributed by atoms with Crippen molar-refractivity contribution in [3.05, 3.63) is 11.6 Å². The highest BCUT2D eigenvalue weighted by Crippen LogP contribution is 1.90. The highest BCUT2D eigenvalue weighted by Gasteiger charge is 2.12. The summed E-state index contributed by atoms with van der Waals surface area (Å²) in [6.45, 7) is 4.76. The SMILES string of the molecule is CNC(=O)C(CS)NCC=C(C)C. The molecule has 3 nitrogen and oxygen atoms in total. The minimum Gasteiger partial charge on any atom is -0.358 e. The number of nitrogens with one attached hydrogen (secondary N) is 2. The van der Waals surface area contributed by atoms with Crippen LogP contribution in [0.15, 0.2) is 11.6 Å². The molecule has 13 heavy (non-hydrogen) atoms. The molecular weight excluding hydrogens is 184 g/mol. The van der Waals surface area contributed by atoms with Gasteiger partial charge in [-0.2, -0.15) is 12.6 Å². The molecule has 0 saturated carbocycles. The molecule has 0 rings (SSSR count). The maximum absolute atomic E-state index is 11.2. The van der Waals surface area contributed by atoms with E-state index in [1.807, 2.05) is 19.9 Å². The van der Waals surface area contributed by atoms with Gasteiger partial charge < -0.3 is 10.6 Å². The summed E-state index contributed by atoms with van der Waals surface area (Å²) in [4.78, 5) is 11.2. The van der Waals surface area contributed by atoms with Crippen LogP contribution >= 0.6 is 12.6 Å². The van der Waals surface area contributed by atoms with Gasteiger partial charge in [-0.3, -0.25) is 4.79 Å². The van der Waals surface area contributed by atoms with Crippen LogP contribution in [-0.4, -0.2) is 31.3 Å². The highest BCUT2D eigenvalue weighted by atomic mass is 32.1. The number of rotatable bonds is 5. The van der Waals surface area contributed by atoms with Crippen molar-refractivity contribution in [1.29, 1.82) is 0 Å². The van der Waals surface area contributed by atoms with E-state index in [9.17, 15) is 4.79 Å². The second kappa shape index (κ2) is 6.97. The molecule has 1 amide bonds. The fraction of sp³-hybridized carbons (Fsp3) is 0.667. The van der Waals surface area contributed by atoms with Gasteiger partial charge in [0.25, 0.3) is 0 Å². The number of hydrogen-bond donors (Lipinski definition) is 3. The maximum Gasteiger partial charge on any atom is 0.237 e. The molecular formula is C9H18N2OS. The molecule has 0 aromatic rings. The second-order valence-corrected chi connectivity index (χ2v) is 3.40. The van der Waals surface area contributed by atoms with Crippen molar-refractivity contribution in [3.8, 4) is 0 Å². The van der Waals surface area contributed by atoms with Gasteiger partial charge in [0.15, 0.2) is 0 Å². The van der Waals surface area contributed by atoms with Crippen LogP contribution < -0.4 is 10.6 Å². The van der Waals surface area contributed by atoms with Crippen LogP contribution in [0.25, 0.3) is 0 Å². The normalized spacial score (nSPS) is 12.0. The lowest BCUT2D eigenvalue weighted by Gasteiger charge is -2.13. The van der Waals surface area contributed by atoms with Crippen molar-refractivity contribution >= 4 is 18.5 Å². The van der Waals surface area contributed by atoms with Crippen molar-refractivity contribution in [2.45, 2.75) is 19.9 Å². The monoisotopic (exact) mass is 202 g/mol. The molecule has 0 aliphatic heterocycles. The van der Waals surface area contributed by atoms with E-state index in [0.29, 0.717) is 12.3 Å². The van der Waals surface area contributed by atoms with Crippen LogP contribution in [0.1, 0.15) is 13.8 Å². The lowest BCUT2D eigenvalue weighted by molar-refractivity contribution is -0.122.